The van der Waals surface area contributed by atoms with E-state index in [9.17, 15) is 9.59 Å². The number of nitrogens with one attached hydrogen (secondary N) is 1. The van der Waals surface area contributed by atoms with Crippen LogP contribution in [0.4, 0.5) is 5.69 Å². The van der Waals surface area contributed by atoms with Crippen molar-refractivity contribution in [3.63, 3.8) is 0 Å². The monoisotopic (exact) mass is 276 g/mol. The van der Waals surface area contributed by atoms with Crippen molar-refractivity contribution in [2.75, 3.05) is 5.32 Å². The number of hydrogen-bond acceptors (Lipinski definition) is 2. The fourth-order valence-electron chi connectivity index (χ4n) is 2.60. The molecule has 110 valence electrons. The van der Waals surface area contributed by atoms with Gasteiger partial charge in [-0.25, -0.2) is 0 Å². The highest BCUT2D eigenvalue weighted by Crippen LogP contribution is 2.29. The van der Waals surface area contributed by atoms with Crippen LogP contribution >= 0.6 is 0 Å². The second-order valence-corrected chi connectivity index (χ2v) is 5.38. The minimum atomic E-state index is -0.270. The first-order valence-electron chi connectivity index (χ1n) is 6.94. The Balaban J connectivity index is 3.25. The smallest absolute Gasteiger partial charge is 0.221 e. The Morgan fingerprint density at radius 1 is 1.25 bits per heavy atom. The van der Waals surface area contributed by atoms with E-state index in [0.29, 0.717) is 6.42 Å². The number of aryl methyl sites for hydroxylation is 2. The lowest BCUT2D eigenvalue weighted by molar-refractivity contribution is -0.121. The lowest BCUT2D eigenvalue weighted by atomic mass is 9.88. The summed E-state index contributed by atoms with van der Waals surface area (Å²) in [6.45, 7) is 9.44. The van der Waals surface area contributed by atoms with Crippen LogP contribution in [0.2, 0.25) is 0 Å². The number of nitrogens with two attached hydrogens (primary N) is 1. The molecule has 3 N–H and O–H groups in total. The molecule has 0 heterocycles. The van der Waals surface area contributed by atoms with Gasteiger partial charge in [0.1, 0.15) is 0 Å². The first kappa shape index (κ1) is 16.2. The molecule has 0 aromatic heterocycles. The summed E-state index contributed by atoms with van der Waals surface area (Å²) in [7, 11) is 0. The molecule has 0 aliphatic heterocycles. The van der Waals surface area contributed by atoms with Crippen LogP contribution in [-0.2, 0) is 16.0 Å². The van der Waals surface area contributed by atoms with Gasteiger partial charge in [-0.05, 0) is 55.9 Å². The Bertz CT molecular complexity index is 536. The number of carbonyl (C=O) groups excluding carboxylic acids is 2. The lowest BCUT2D eigenvalue weighted by Crippen LogP contribution is -2.25. The predicted molar refractivity (Wildman–Crippen MR) is 81.6 cm³/mol. The summed E-state index contributed by atoms with van der Waals surface area (Å²) in [5.74, 6) is -0.527. The topological polar surface area (TPSA) is 72.2 Å². The van der Waals surface area contributed by atoms with E-state index >= 15 is 0 Å². The molecule has 1 rings (SSSR count). The summed E-state index contributed by atoms with van der Waals surface area (Å²) in [5, 5.41) is 2.87. The number of carbonyl (C=O) groups is 2. The fourth-order valence-corrected chi connectivity index (χ4v) is 2.60. The molecule has 4 nitrogen and oxygen atoms in total. The second-order valence-electron chi connectivity index (χ2n) is 5.38. The van der Waals surface area contributed by atoms with Crippen molar-refractivity contribution in [2.45, 2.75) is 47.5 Å². The highest BCUT2D eigenvalue weighted by Gasteiger charge is 2.18. The number of hydrogen-bond donors (Lipinski definition) is 2. The molecule has 1 aromatic carbocycles. The highest BCUT2D eigenvalue weighted by molar-refractivity contribution is 5.91. The first-order chi connectivity index (χ1) is 9.27. The van der Waals surface area contributed by atoms with E-state index in [0.717, 1.165) is 34.4 Å². The van der Waals surface area contributed by atoms with Crippen LogP contribution in [-0.4, -0.2) is 11.8 Å². The molecule has 4 heteroatoms. The molecular formula is C16H24N2O2. The van der Waals surface area contributed by atoms with Crippen LogP contribution in [0.25, 0.3) is 0 Å². The summed E-state index contributed by atoms with van der Waals surface area (Å²) in [5.41, 5.74) is 10.6. The van der Waals surface area contributed by atoms with Gasteiger partial charge in [-0.3, -0.25) is 9.59 Å². The van der Waals surface area contributed by atoms with E-state index < -0.39 is 0 Å². The summed E-state index contributed by atoms with van der Waals surface area (Å²) >= 11 is 0. The number of benzene rings is 1. The van der Waals surface area contributed by atoms with Gasteiger partial charge >= 0.3 is 0 Å². The maximum Gasteiger partial charge on any atom is 0.221 e. The third-order valence-corrected chi connectivity index (χ3v) is 3.78. The Kier molecular flexibility index (Phi) is 5.31. The largest absolute Gasteiger partial charge is 0.369 e. The standard InChI is InChI=1S/C16H24N2O2/c1-6-13(16(17)20)8-14-9(2)7-10(3)15(11(14)4)18-12(5)19/h7,13H,6,8H2,1-5H3,(H2,17,20)(H,18,19). The minimum absolute atomic E-state index is 0.0899. The summed E-state index contributed by atoms with van der Waals surface area (Å²) in [6.07, 6.45) is 1.34. The Morgan fingerprint density at radius 2 is 1.85 bits per heavy atom. The molecule has 0 aliphatic rings. The van der Waals surface area contributed by atoms with Crippen molar-refractivity contribution in [2.24, 2.45) is 11.7 Å². The van der Waals surface area contributed by atoms with Crippen LogP contribution in [0.3, 0.4) is 0 Å². The normalized spacial score (nSPS) is 12.1. The van der Waals surface area contributed by atoms with Crippen molar-refractivity contribution >= 4 is 17.5 Å². The van der Waals surface area contributed by atoms with Gasteiger partial charge in [0.25, 0.3) is 0 Å². The van der Waals surface area contributed by atoms with Gasteiger partial charge in [0.2, 0.25) is 11.8 Å². The van der Waals surface area contributed by atoms with Gasteiger partial charge in [0, 0.05) is 18.5 Å². The first-order valence-corrected chi connectivity index (χ1v) is 6.94. The number of anilines is 1. The van der Waals surface area contributed by atoms with E-state index in [1.165, 1.54) is 6.92 Å². The molecule has 0 aliphatic carbocycles. The van der Waals surface area contributed by atoms with Gasteiger partial charge in [-0.1, -0.05) is 13.0 Å². The summed E-state index contributed by atoms with van der Waals surface area (Å²) in [4.78, 5) is 22.8. The molecule has 0 spiro atoms. The van der Waals surface area contributed by atoms with E-state index in [2.05, 4.69) is 5.32 Å². The van der Waals surface area contributed by atoms with E-state index in [4.69, 9.17) is 5.73 Å². The highest BCUT2D eigenvalue weighted by atomic mass is 16.1. The molecule has 0 saturated heterocycles. The Hall–Kier alpha value is -1.84. The van der Waals surface area contributed by atoms with E-state index in [-0.39, 0.29) is 17.7 Å². The molecule has 1 atom stereocenters. The molecule has 0 fully saturated rings. The second kappa shape index (κ2) is 6.55. The average molecular weight is 276 g/mol. The van der Waals surface area contributed by atoms with E-state index in [1.54, 1.807) is 0 Å². The fraction of sp³-hybridized carbons (Fsp3) is 0.500. The summed E-state index contributed by atoms with van der Waals surface area (Å²) in [6, 6.07) is 2.04. The Morgan fingerprint density at radius 3 is 2.30 bits per heavy atom. The zero-order valence-corrected chi connectivity index (χ0v) is 13.0. The van der Waals surface area contributed by atoms with Crippen LogP contribution in [0.15, 0.2) is 6.07 Å². The van der Waals surface area contributed by atoms with Crippen LogP contribution in [0, 0.1) is 26.7 Å². The molecule has 2 amide bonds. The zero-order valence-electron chi connectivity index (χ0n) is 13.0. The molecule has 20 heavy (non-hydrogen) atoms. The van der Waals surface area contributed by atoms with Crippen LogP contribution in [0.5, 0.6) is 0 Å². The number of amides is 2. The molecule has 1 aromatic rings. The lowest BCUT2D eigenvalue weighted by Gasteiger charge is -2.20. The Labute approximate surface area is 120 Å². The van der Waals surface area contributed by atoms with Crippen molar-refractivity contribution in [3.8, 4) is 0 Å². The van der Waals surface area contributed by atoms with Gasteiger partial charge in [-0.2, -0.15) is 0 Å². The number of primary amides is 1. The molecule has 0 saturated carbocycles. The molecule has 0 radical (unpaired) electrons. The van der Waals surface area contributed by atoms with Crippen LogP contribution < -0.4 is 11.1 Å². The molecule has 0 bridgehead atoms. The average Bonchev–Trinajstić information content (AvgIpc) is 2.33. The third-order valence-electron chi connectivity index (χ3n) is 3.78. The van der Waals surface area contributed by atoms with Crippen molar-refractivity contribution in [1.82, 2.24) is 0 Å². The third kappa shape index (κ3) is 3.59. The molecular weight excluding hydrogens is 252 g/mol. The maximum absolute atomic E-state index is 11.4. The van der Waals surface area contributed by atoms with Crippen LogP contribution in [0.1, 0.15) is 42.5 Å². The molecule has 1 unspecified atom stereocenters. The zero-order chi connectivity index (χ0) is 15.4. The van der Waals surface area contributed by atoms with Gasteiger partial charge in [-0.15, -0.1) is 0 Å². The SMILES string of the molecule is CCC(Cc1c(C)cc(C)c(NC(C)=O)c1C)C(N)=O. The van der Waals surface area contributed by atoms with Crippen molar-refractivity contribution < 1.29 is 9.59 Å². The van der Waals surface area contributed by atoms with Crippen molar-refractivity contribution in [3.05, 3.63) is 28.3 Å². The van der Waals surface area contributed by atoms with Gasteiger partial charge < -0.3 is 11.1 Å². The maximum atomic E-state index is 11.4. The quantitative estimate of drug-likeness (QED) is 0.867. The minimum Gasteiger partial charge on any atom is -0.369 e. The predicted octanol–water partition coefficient (Wildman–Crippen LogP) is 2.62. The van der Waals surface area contributed by atoms with E-state index in [1.807, 2.05) is 33.8 Å². The van der Waals surface area contributed by atoms with Crippen molar-refractivity contribution in [1.29, 1.82) is 0 Å². The summed E-state index contributed by atoms with van der Waals surface area (Å²) < 4.78 is 0. The number of rotatable bonds is 5. The van der Waals surface area contributed by atoms with Gasteiger partial charge in [0.15, 0.2) is 0 Å². The van der Waals surface area contributed by atoms with Gasteiger partial charge in [0.05, 0.1) is 0 Å².